The molecule has 0 atom stereocenters. The first kappa shape index (κ1) is 15.4. The molecular weight excluding hydrogens is 328 g/mol. The topological polar surface area (TPSA) is 20.3 Å². The summed E-state index contributed by atoms with van der Waals surface area (Å²) < 4.78 is 28.0. The number of benzene rings is 1. The molecule has 0 spiro atoms. The van der Waals surface area contributed by atoms with Crippen LogP contribution in [0, 0.1) is 18.6 Å². The van der Waals surface area contributed by atoms with Gasteiger partial charge in [-0.3, -0.25) is 4.79 Å². The molecular formula is C15H18BrF2NO. The van der Waals surface area contributed by atoms with E-state index >= 15 is 0 Å². The van der Waals surface area contributed by atoms with Gasteiger partial charge in [0.15, 0.2) is 0 Å². The van der Waals surface area contributed by atoms with Crippen LogP contribution in [-0.4, -0.2) is 28.7 Å². The van der Waals surface area contributed by atoms with E-state index in [9.17, 15) is 13.6 Å². The Hall–Kier alpha value is -0.970. The molecule has 1 aliphatic carbocycles. The average Bonchev–Trinajstić information content (AvgIpc) is 2.94. The molecule has 0 saturated heterocycles. The molecule has 1 aromatic carbocycles. The van der Waals surface area contributed by atoms with Gasteiger partial charge in [-0.1, -0.05) is 34.8 Å². The van der Waals surface area contributed by atoms with Crippen LogP contribution in [-0.2, 0) is 0 Å². The number of nitrogens with zero attached hydrogens (tertiary/aromatic N) is 1. The van der Waals surface area contributed by atoms with Gasteiger partial charge in [0, 0.05) is 17.9 Å². The lowest BCUT2D eigenvalue weighted by molar-refractivity contribution is 0.0686. The van der Waals surface area contributed by atoms with Crippen molar-refractivity contribution in [2.45, 2.75) is 38.6 Å². The number of rotatable bonds is 4. The summed E-state index contributed by atoms with van der Waals surface area (Å²) in [6.07, 6.45) is 3.95. The molecule has 1 aliphatic rings. The zero-order chi connectivity index (χ0) is 14.7. The largest absolute Gasteiger partial charge is 0.335 e. The van der Waals surface area contributed by atoms with Gasteiger partial charge >= 0.3 is 0 Å². The number of carbonyl (C=O) groups is 1. The minimum absolute atomic E-state index is 0.0966. The minimum Gasteiger partial charge on any atom is -0.335 e. The van der Waals surface area contributed by atoms with Crippen LogP contribution >= 0.6 is 15.9 Å². The van der Waals surface area contributed by atoms with E-state index in [0.717, 1.165) is 31.7 Å². The van der Waals surface area contributed by atoms with Gasteiger partial charge in [-0.25, -0.2) is 8.78 Å². The third-order valence-electron chi connectivity index (χ3n) is 3.85. The smallest absolute Gasteiger partial charge is 0.260 e. The Morgan fingerprint density at radius 1 is 1.35 bits per heavy atom. The number of alkyl halides is 1. The second kappa shape index (κ2) is 6.66. The number of halogens is 3. The van der Waals surface area contributed by atoms with E-state index < -0.39 is 23.1 Å². The molecule has 1 amide bonds. The maximum Gasteiger partial charge on any atom is 0.260 e. The lowest BCUT2D eigenvalue weighted by Gasteiger charge is -2.29. The first-order valence-electron chi connectivity index (χ1n) is 6.87. The summed E-state index contributed by atoms with van der Waals surface area (Å²) in [5.74, 6) is -2.06. The van der Waals surface area contributed by atoms with Crippen LogP contribution in [0.25, 0.3) is 0 Å². The van der Waals surface area contributed by atoms with Crippen molar-refractivity contribution in [3.63, 3.8) is 0 Å². The lowest BCUT2D eigenvalue weighted by Crippen LogP contribution is -2.41. The number of hydrogen-bond acceptors (Lipinski definition) is 1. The van der Waals surface area contributed by atoms with Crippen molar-refractivity contribution in [3.05, 3.63) is 34.9 Å². The SMILES string of the molecule is Cc1ccc(F)c(C(=O)N(CCBr)C2CCCC2)c1F. The zero-order valence-electron chi connectivity index (χ0n) is 11.5. The molecule has 0 heterocycles. The van der Waals surface area contributed by atoms with Crippen LogP contribution in [0.15, 0.2) is 12.1 Å². The first-order valence-corrected chi connectivity index (χ1v) is 8.00. The van der Waals surface area contributed by atoms with E-state index in [2.05, 4.69) is 15.9 Å². The number of hydrogen-bond donors (Lipinski definition) is 0. The summed E-state index contributed by atoms with van der Waals surface area (Å²) in [5.41, 5.74) is -0.127. The van der Waals surface area contributed by atoms with Gasteiger partial charge in [-0.05, 0) is 31.4 Å². The summed E-state index contributed by atoms with van der Waals surface area (Å²) in [5, 5.41) is 0.601. The van der Waals surface area contributed by atoms with Crippen molar-refractivity contribution < 1.29 is 13.6 Å². The number of carbonyl (C=O) groups excluding carboxylic acids is 1. The fraction of sp³-hybridized carbons (Fsp3) is 0.533. The van der Waals surface area contributed by atoms with E-state index in [0.29, 0.717) is 17.4 Å². The zero-order valence-corrected chi connectivity index (χ0v) is 13.1. The fourth-order valence-electron chi connectivity index (χ4n) is 2.75. The van der Waals surface area contributed by atoms with Crippen LogP contribution in [0.4, 0.5) is 8.78 Å². The molecule has 0 aliphatic heterocycles. The van der Waals surface area contributed by atoms with Crippen LogP contribution < -0.4 is 0 Å². The predicted molar refractivity (Wildman–Crippen MR) is 78.2 cm³/mol. The van der Waals surface area contributed by atoms with Crippen molar-refractivity contribution >= 4 is 21.8 Å². The highest BCUT2D eigenvalue weighted by Crippen LogP contribution is 2.27. The third kappa shape index (κ3) is 3.03. The second-order valence-corrected chi connectivity index (χ2v) is 5.97. The van der Waals surface area contributed by atoms with Crippen molar-refractivity contribution in [2.75, 3.05) is 11.9 Å². The molecule has 20 heavy (non-hydrogen) atoms. The van der Waals surface area contributed by atoms with Crippen LogP contribution in [0.1, 0.15) is 41.6 Å². The Morgan fingerprint density at radius 3 is 2.60 bits per heavy atom. The fourth-order valence-corrected chi connectivity index (χ4v) is 3.14. The standard InChI is InChI=1S/C15H18BrF2NO/c1-10-6-7-12(17)13(14(10)18)15(20)19(9-8-16)11-4-2-3-5-11/h6-7,11H,2-5,8-9H2,1H3. The summed E-state index contributed by atoms with van der Waals surface area (Å²) in [4.78, 5) is 14.2. The Morgan fingerprint density at radius 2 is 2.00 bits per heavy atom. The van der Waals surface area contributed by atoms with Crippen LogP contribution in [0.2, 0.25) is 0 Å². The average molecular weight is 346 g/mol. The van der Waals surface area contributed by atoms with Gasteiger partial charge < -0.3 is 4.90 Å². The van der Waals surface area contributed by atoms with Crippen molar-refractivity contribution in [3.8, 4) is 0 Å². The van der Waals surface area contributed by atoms with E-state index in [1.807, 2.05) is 0 Å². The Bertz CT molecular complexity index is 501. The molecule has 0 unspecified atom stereocenters. The molecule has 0 N–H and O–H groups in total. The highest BCUT2D eigenvalue weighted by molar-refractivity contribution is 9.09. The first-order chi connectivity index (χ1) is 9.56. The van der Waals surface area contributed by atoms with Gasteiger partial charge in [0.2, 0.25) is 0 Å². The van der Waals surface area contributed by atoms with Crippen molar-refractivity contribution in [1.29, 1.82) is 0 Å². The lowest BCUT2D eigenvalue weighted by atomic mass is 10.1. The minimum atomic E-state index is -0.782. The molecule has 1 saturated carbocycles. The molecule has 1 fully saturated rings. The molecule has 1 aromatic rings. The van der Waals surface area contributed by atoms with E-state index in [1.165, 1.54) is 13.0 Å². The van der Waals surface area contributed by atoms with Gasteiger partial charge in [-0.15, -0.1) is 0 Å². The van der Waals surface area contributed by atoms with Gasteiger partial charge in [-0.2, -0.15) is 0 Å². The molecule has 0 aromatic heterocycles. The summed E-state index contributed by atoms with van der Waals surface area (Å²) in [6, 6.07) is 2.61. The molecule has 2 rings (SSSR count). The molecule has 110 valence electrons. The maximum atomic E-state index is 14.1. The summed E-state index contributed by atoms with van der Waals surface area (Å²) in [6.45, 7) is 2.01. The highest BCUT2D eigenvalue weighted by atomic mass is 79.9. The Kier molecular flexibility index (Phi) is 5.13. The third-order valence-corrected chi connectivity index (χ3v) is 4.20. The Labute approximate surface area is 126 Å². The molecule has 5 heteroatoms. The van der Waals surface area contributed by atoms with Crippen LogP contribution in [0.5, 0.6) is 0 Å². The highest BCUT2D eigenvalue weighted by Gasteiger charge is 2.30. The van der Waals surface area contributed by atoms with Gasteiger partial charge in [0.1, 0.15) is 17.2 Å². The quantitative estimate of drug-likeness (QED) is 0.753. The number of aryl methyl sites for hydroxylation is 1. The van der Waals surface area contributed by atoms with Crippen LogP contribution in [0.3, 0.4) is 0 Å². The van der Waals surface area contributed by atoms with E-state index in [4.69, 9.17) is 0 Å². The van der Waals surface area contributed by atoms with Crippen molar-refractivity contribution in [2.24, 2.45) is 0 Å². The van der Waals surface area contributed by atoms with E-state index in [1.54, 1.807) is 4.90 Å². The second-order valence-electron chi connectivity index (χ2n) is 5.18. The summed E-state index contributed by atoms with van der Waals surface area (Å²) in [7, 11) is 0. The number of amides is 1. The Balaban J connectivity index is 2.34. The van der Waals surface area contributed by atoms with E-state index in [-0.39, 0.29) is 6.04 Å². The maximum absolute atomic E-state index is 14.1. The van der Waals surface area contributed by atoms with Crippen molar-refractivity contribution in [1.82, 2.24) is 4.90 Å². The summed E-state index contributed by atoms with van der Waals surface area (Å²) >= 11 is 3.31. The normalized spacial score (nSPS) is 15.6. The predicted octanol–water partition coefficient (Wildman–Crippen LogP) is 4.05. The van der Waals surface area contributed by atoms with Gasteiger partial charge in [0.05, 0.1) is 0 Å². The monoisotopic (exact) mass is 345 g/mol. The van der Waals surface area contributed by atoms with Gasteiger partial charge in [0.25, 0.3) is 5.91 Å². The molecule has 2 nitrogen and oxygen atoms in total. The molecule has 0 radical (unpaired) electrons. The molecule has 0 bridgehead atoms.